The Kier molecular flexibility index (Phi) is 4.52. The molecule has 2 rings (SSSR count). The zero-order valence-electron chi connectivity index (χ0n) is 10.4. The number of aryl methyl sites for hydroxylation is 1. The Morgan fingerprint density at radius 2 is 2.11 bits per heavy atom. The van der Waals surface area contributed by atoms with Gasteiger partial charge in [-0.25, -0.2) is 0 Å². The van der Waals surface area contributed by atoms with Crippen LogP contribution in [0.25, 0.3) is 0 Å². The van der Waals surface area contributed by atoms with Crippen molar-refractivity contribution in [3.63, 3.8) is 0 Å². The lowest BCUT2D eigenvalue weighted by molar-refractivity contribution is -0.385. The van der Waals surface area contributed by atoms with E-state index in [1.807, 2.05) is 0 Å². The summed E-state index contributed by atoms with van der Waals surface area (Å²) in [6.07, 6.45) is 0. The molecule has 100 valence electrons. The fourth-order valence-electron chi connectivity index (χ4n) is 1.77. The molecule has 0 fully saturated rings. The third-order valence-electron chi connectivity index (χ3n) is 2.65. The second kappa shape index (κ2) is 6.14. The largest absolute Gasteiger partial charge is 0.308 e. The molecule has 1 N–H and O–H groups in total. The van der Waals surface area contributed by atoms with Crippen LogP contribution >= 0.6 is 22.9 Å². The molecule has 4 nitrogen and oxygen atoms in total. The smallest absolute Gasteiger partial charge is 0.273 e. The molecule has 0 aliphatic heterocycles. The fraction of sp³-hybridized carbons (Fsp3) is 0.231. The first kappa shape index (κ1) is 14.0. The van der Waals surface area contributed by atoms with Crippen molar-refractivity contribution in [1.82, 2.24) is 5.32 Å². The van der Waals surface area contributed by atoms with Gasteiger partial charge in [-0.3, -0.25) is 10.1 Å². The average Bonchev–Trinajstić information content (AvgIpc) is 2.75. The molecule has 0 unspecified atom stereocenters. The van der Waals surface area contributed by atoms with Crippen LogP contribution in [0.4, 0.5) is 5.69 Å². The Morgan fingerprint density at radius 3 is 2.74 bits per heavy atom. The van der Waals surface area contributed by atoms with Crippen molar-refractivity contribution in [2.45, 2.75) is 20.0 Å². The maximum Gasteiger partial charge on any atom is 0.273 e. The zero-order valence-corrected chi connectivity index (χ0v) is 11.9. The predicted molar refractivity (Wildman–Crippen MR) is 77.7 cm³/mol. The summed E-state index contributed by atoms with van der Waals surface area (Å²) >= 11 is 7.59. The van der Waals surface area contributed by atoms with Crippen LogP contribution in [-0.2, 0) is 13.1 Å². The van der Waals surface area contributed by atoms with E-state index in [0.29, 0.717) is 23.7 Å². The number of nitrogens with one attached hydrogen (secondary N) is 1. The van der Waals surface area contributed by atoms with Crippen LogP contribution in [-0.4, -0.2) is 4.92 Å². The fourth-order valence-corrected chi connectivity index (χ4v) is 2.83. The van der Waals surface area contributed by atoms with E-state index in [4.69, 9.17) is 11.6 Å². The summed E-state index contributed by atoms with van der Waals surface area (Å²) in [5, 5.41) is 14.6. The quantitative estimate of drug-likeness (QED) is 0.672. The van der Waals surface area contributed by atoms with Crippen LogP contribution in [0, 0.1) is 17.0 Å². The summed E-state index contributed by atoms with van der Waals surface area (Å²) < 4.78 is 0. The van der Waals surface area contributed by atoms with Gasteiger partial charge in [-0.05, 0) is 31.2 Å². The molecule has 6 heteroatoms. The van der Waals surface area contributed by atoms with E-state index in [9.17, 15) is 10.1 Å². The lowest BCUT2D eigenvalue weighted by atomic mass is 10.2. The van der Waals surface area contributed by atoms with Gasteiger partial charge < -0.3 is 5.32 Å². The van der Waals surface area contributed by atoms with E-state index < -0.39 is 0 Å². The number of nitro groups is 1. The monoisotopic (exact) mass is 296 g/mol. The molecule has 19 heavy (non-hydrogen) atoms. The van der Waals surface area contributed by atoms with E-state index in [2.05, 4.69) is 24.4 Å². The maximum absolute atomic E-state index is 10.9. The number of thiophene rings is 1. The Morgan fingerprint density at radius 1 is 1.32 bits per heavy atom. The van der Waals surface area contributed by atoms with Gasteiger partial charge in [0, 0.05) is 39.5 Å². The Hall–Kier alpha value is -1.43. The van der Waals surface area contributed by atoms with E-state index in [1.165, 1.54) is 21.9 Å². The SMILES string of the molecule is Cc1ccc(CNCc2cc(Cl)ccc2[N+](=O)[O-])s1. The van der Waals surface area contributed by atoms with Gasteiger partial charge in [0.15, 0.2) is 0 Å². The number of hydrogen-bond acceptors (Lipinski definition) is 4. The van der Waals surface area contributed by atoms with Crippen LogP contribution in [0.2, 0.25) is 5.02 Å². The molecule has 0 amide bonds. The molecule has 0 atom stereocenters. The highest BCUT2D eigenvalue weighted by Crippen LogP contribution is 2.23. The van der Waals surface area contributed by atoms with Crippen LogP contribution < -0.4 is 5.32 Å². The molecule has 0 saturated carbocycles. The highest BCUT2D eigenvalue weighted by molar-refractivity contribution is 7.11. The molecule has 0 aliphatic carbocycles. The Bertz CT molecular complexity index is 598. The molecular formula is C13H13ClN2O2S. The van der Waals surface area contributed by atoms with Crippen LogP contribution in [0.5, 0.6) is 0 Å². The summed E-state index contributed by atoms with van der Waals surface area (Å²) in [5.74, 6) is 0. The first-order valence-electron chi connectivity index (χ1n) is 5.75. The van der Waals surface area contributed by atoms with E-state index in [1.54, 1.807) is 17.4 Å². The third-order valence-corrected chi connectivity index (χ3v) is 3.88. The van der Waals surface area contributed by atoms with Gasteiger partial charge in [0.05, 0.1) is 4.92 Å². The molecule has 0 bridgehead atoms. The standard InChI is InChI=1S/C13H13ClN2O2S/c1-9-2-4-12(19-9)8-15-7-10-6-11(14)3-5-13(10)16(17)18/h2-6,15H,7-8H2,1H3. The number of hydrogen-bond donors (Lipinski definition) is 1. The summed E-state index contributed by atoms with van der Waals surface area (Å²) in [6, 6.07) is 8.72. The maximum atomic E-state index is 10.9. The van der Waals surface area contributed by atoms with Gasteiger partial charge >= 0.3 is 0 Å². The van der Waals surface area contributed by atoms with Crippen molar-refractivity contribution >= 4 is 28.6 Å². The van der Waals surface area contributed by atoms with Crippen LogP contribution in [0.3, 0.4) is 0 Å². The first-order chi connectivity index (χ1) is 9.06. The minimum Gasteiger partial charge on any atom is -0.308 e. The minimum absolute atomic E-state index is 0.0965. The van der Waals surface area contributed by atoms with E-state index in [-0.39, 0.29) is 10.6 Å². The highest BCUT2D eigenvalue weighted by Gasteiger charge is 2.13. The predicted octanol–water partition coefficient (Wildman–Crippen LogP) is 3.91. The van der Waals surface area contributed by atoms with Crippen LogP contribution in [0.1, 0.15) is 15.3 Å². The molecule has 1 heterocycles. The molecule has 1 aromatic heterocycles. The van der Waals surface area contributed by atoms with Gasteiger partial charge in [-0.2, -0.15) is 0 Å². The Labute approximate surface area is 120 Å². The van der Waals surface area contributed by atoms with E-state index in [0.717, 1.165) is 0 Å². The molecule has 0 saturated heterocycles. The highest BCUT2D eigenvalue weighted by atomic mass is 35.5. The van der Waals surface area contributed by atoms with Gasteiger partial charge in [-0.15, -0.1) is 11.3 Å². The molecule has 0 radical (unpaired) electrons. The minimum atomic E-state index is -0.386. The number of benzene rings is 1. The number of rotatable bonds is 5. The van der Waals surface area contributed by atoms with Gasteiger partial charge in [0.1, 0.15) is 0 Å². The summed E-state index contributed by atoms with van der Waals surface area (Å²) in [7, 11) is 0. The lowest BCUT2D eigenvalue weighted by Crippen LogP contribution is -2.13. The molecular weight excluding hydrogens is 284 g/mol. The van der Waals surface area contributed by atoms with Crippen molar-refractivity contribution in [1.29, 1.82) is 0 Å². The van der Waals surface area contributed by atoms with E-state index >= 15 is 0 Å². The number of nitrogens with zero attached hydrogens (tertiary/aromatic N) is 1. The second-order valence-corrected chi connectivity index (χ2v) is 5.95. The normalized spacial score (nSPS) is 10.6. The first-order valence-corrected chi connectivity index (χ1v) is 6.94. The molecule has 2 aromatic rings. The lowest BCUT2D eigenvalue weighted by Gasteiger charge is -2.05. The second-order valence-electron chi connectivity index (χ2n) is 4.15. The summed E-state index contributed by atoms with van der Waals surface area (Å²) in [5.41, 5.74) is 0.699. The van der Waals surface area contributed by atoms with Crippen molar-refractivity contribution in [2.24, 2.45) is 0 Å². The Balaban J connectivity index is 2.02. The number of nitro benzene ring substituents is 1. The van der Waals surface area contributed by atoms with Gasteiger partial charge in [-0.1, -0.05) is 11.6 Å². The molecule has 0 aliphatic rings. The topological polar surface area (TPSA) is 55.2 Å². The van der Waals surface area contributed by atoms with Gasteiger partial charge in [0.2, 0.25) is 0 Å². The average molecular weight is 297 g/mol. The van der Waals surface area contributed by atoms with Gasteiger partial charge in [0.25, 0.3) is 5.69 Å². The summed E-state index contributed by atoms with van der Waals surface area (Å²) in [6.45, 7) is 3.17. The third kappa shape index (κ3) is 3.76. The zero-order chi connectivity index (χ0) is 13.8. The molecule has 0 spiro atoms. The number of halogens is 1. The summed E-state index contributed by atoms with van der Waals surface area (Å²) in [4.78, 5) is 13.0. The van der Waals surface area contributed by atoms with Crippen LogP contribution in [0.15, 0.2) is 30.3 Å². The van der Waals surface area contributed by atoms with Crippen molar-refractivity contribution in [3.8, 4) is 0 Å². The van der Waals surface area contributed by atoms with Crippen molar-refractivity contribution in [3.05, 3.63) is 60.8 Å². The molecule has 1 aromatic carbocycles. The van der Waals surface area contributed by atoms with Crippen molar-refractivity contribution in [2.75, 3.05) is 0 Å². The van der Waals surface area contributed by atoms with Crippen molar-refractivity contribution < 1.29 is 4.92 Å².